The molecule has 0 bridgehead atoms. The van der Waals surface area contributed by atoms with Gasteiger partial charge in [0, 0.05) is 36.3 Å². The van der Waals surface area contributed by atoms with Crippen LogP contribution in [-0.2, 0) is 14.3 Å². The summed E-state index contributed by atoms with van der Waals surface area (Å²) < 4.78 is 5.94. The highest BCUT2D eigenvalue weighted by Gasteiger charge is 2.48. The molecule has 9 heteroatoms. The molecule has 0 radical (unpaired) electrons. The third kappa shape index (κ3) is 7.26. The van der Waals surface area contributed by atoms with Crippen LogP contribution in [0.3, 0.4) is 0 Å². The molecule has 2 fully saturated rings. The molecule has 0 amide bonds. The number of fused-ring (bicyclic) bond motifs is 1. The molecule has 0 saturated carbocycles. The number of esters is 1. The van der Waals surface area contributed by atoms with E-state index in [0.29, 0.717) is 13.0 Å². The highest BCUT2D eigenvalue weighted by atomic mass is 32.1. The van der Waals surface area contributed by atoms with Gasteiger partial charge in [0.15, 0.2) is 0 Å². The first-order valence-corrected chi connectivity index (χ1v) is 14.3. The van der Waals surface area contributed by atoms with Gasteiger partial charge in [-0.25, -0.2) is 4.98 Å². The van der Waals surface area contributed by atoms with Crippen molar-refractivity contribution in [3.63, 3.8) is 0 Å². The number of cyclic esters (lactones) is 1. The fourth-order valence-corrected chi connectivity index (χ4v) is 6.22. The molecule has 3 rings (SSSR count). The van der Waals surface area contributed by atoms with E-state index in [9.17, 15) is 24.9 Å². The number of rotatable bonds is 4. The van der Waals surface area contributed by atoms with Crippen LogP contribution in [0.1, 0.15) is 77.4 Å². The standard InChI is InChI=1S/C28H44N2O6S/c1-16-8-7-9-21-22(30(21)10-11-31)13-23(17(2)12-20-15-37-19(4)29-20)36-25(33)14-24(32)28(5,6)27(35)18(3)26(16)34/h12,15-16,18,21-24,26,31-32,34H,7-11,13-14H2,1-6H3/b17-12+/t16?,18?,21-,22?,23+,24?,26+,30?/m1/s1. The zero-order chi connectivity index (χ0) is 27.5. The van der Waals surface area contributed by atoms with Gasteiger partial charge in [-0.2, -0.15) is 0 Å². The van der Waals surface area contributed by atoms with Crippen LogP contribution in [0.2, 0.25) is 0 Å². The maximum atomic E-state index is 13.3. The van der Waals surface area contributed by atoms with Crippen LogP contribution in [0.15, 0.2) is 11.0 Å². The molecule has 8 atom stereocenters. The predicted octanol–water partition coefficient (Wildman–Crippen LogP) is 3.37. The molecular formula is C28H44N2O6S. The molecule has 5 unspecified atom stereocenters. The molecule has 208 valence electrons. The largest absolute Gasteiger partial charge is 0.458 e. The Hall–Kier alpha value is -1.65. The van der Waals surface area contributed by atoms with Crippen molar-refractivity contribution in [2.75, 3.05) is 13.2 Å². The summed E-state index contributed by atoms with van der Waals surface area (Å²) in [5.41, 5.74) is 0.467. The topological polar surface area (TPSA) is 120 Å². The second kappa shape index (κ2) is 12.5. The summed E-state index contributed by atoms with van der Waals surface area (Å²) in [6.45, 7) is 11.4. The average Bonchev–Trinajstić information content (AvgIpc) is 3.29. The lowest BCUT2D eigenvalue weighted by Gasteiger charge is -2.34. The van der Waals surface area contributed by atoms with Gasteiger partial charge < -0.3 is 20.1 Å². The average molecular weight is 537 g/mol. The number of nitrogens with zero attached hydrogens (tertiary/aromatic N) is 2. The maximum Gasteiger partial charge on any atom is 0.309 e. The number of hydrogen-bond donors (Lipinski definition) is 3. The normalized spacial score (nSPS) is 36.1. The Morgan fingerprint density at radius 2 is 1.95 bits per heavy atom. The van der Waals surface area contributed by atoms with Crippen molar-refractivity contribution in [1.82, 2.24) is 9.88 Å². The van der Waals surface area contributed by atoms with E-state index < -0.39 is 35.6 Å². The van der Waals surface area contributed by atoms with Crippen molar-refractivity contribution < 1.29 is 29.6 Å². The molecule has 0 aromatic carbocycles. The SMILES string of the molecule is C/C(=C\c1csc(C)n1)[C@@H]1CC2[C@@H](CCCC(C)[C@H](O)C(C)C(=O)C(C)(C)C(O)CC(=O)O1)N2CCO. The fourth-order valence-electron chi connectivity index (χ4n) is 5.65. The third-order valence-electron chi connectivity index (χ3n) is 8.31. The van der Waals surface area contributed by atoms with E-state index in [1.165, 1.54) is 0 Å². The molecule has 8 nitrogen and oxygen atoms in total. The molecule has 0 spiro atoms. The Labute approximate surface area is 224 Å². The molecule has 1 aromatic rings. The first kappa shape index (κ1) is 29.9. The second-order valence-corrected chi connectivity index (χ2v) is 12.5. The number of ketones is 1. The minimum atomic E-state index is -1.24. The smallest absolute Gasteiger partial charge is 0.309 e. The third-order valence-corrected chi connectivity index (χ3v) is 9.10. The number of carbonyl (C=O) groups is 2. The summed E-state index contributed by atoms with van der Waals surface area (Å²) >= 11 is 1.55. The minimum Gasteiger partial charge on any atom is -0.458 e. The van der Waals surface area contributed by atoms with Gasteiger partial charge >= 0.3 is 5.97 Å². The van der Waals surface area contributed by atoms with Crippen LogP contribution >= 0.6 is 11.3 Å². The van der Waals surface area contributed by atoms with Crippen molar-refractivity contribution in [3.05, 3.63) is 21.7 Å². The number of carbonyl (C=O) groups excluding carboxylic acids is 2. The highest BCUT2D eigenvalue weighted by Crippen LogP contribution is 2.39. The number of thiazole rings is 1. The van der Waals surface area contributed by atoms with E-state index in [-0.39, 0.29) is 36.8 Å². The van der Waals surface area contributed by atoms with Crippen LogP contribution in [-0.4, -0.2) is 80.5 Å². The van der Waals surface area contributed by atoms with Gasteiger partial charge in [-0.1, -0.05) is 34.1 Å². The second-order valence-electron chi connectivity index (χ2n) is 11.5. The Kier molecular flexibility index (Phi) is 10.1. The number of aliphatic hydroxyl groups is 3. The fraction of sp³-hybridized carbons (Fsp3) is 0.750. The lowest BCUT2D eigenvalue weighted by atomic mass is 9.73. The Bertz CT molecular complexity index is 976. The first-order chi connectivity index (χ1) is 17.4. The number of aromatic nitrogens is 1. The molecule has 3 N–H and O–H groups in total. The quantitative estimate of drug-likeness (QED) is 0.396. The number of β-amino-alcohol motifs (C(OH)–C–C–N with tert-alkyl or cyclic N) is 1. The van der Waals surface area contributed by atoms with E-state index in [2.05, 4.69) is 9.88 Å². The van der Waals surface area contributed by atoms with E-state index in [0.717, 1.165) is 35.5 Å². The molecule has 2 aliphatic rings. The van der Waals surface area contributed by atoms with Gasteiger partial charge in [0.2, 0.25) is 0 Å². The van der Waals surface area contributed by atoms with Crippen molar-refractivity contribution in [1.29, 1.82) is 0 Å². The molecule has 3 heterocycles. The number of ether oxygens (including phenoxy) is 1. The number of Topliss-reactive ketones (excluding diaryl/α,β-unsaturated/α-hetero) is 1. The summed E-state index contributed by atoms with van der Waals surface area (Å²) in [5, 5.41) is 34.3. The zero-order valence-corrected chi connectivity index (χ0v) is 23.8. The summed E-state index contributed by atoms with van der Waals surface area (Å²) in [5.74, 6) is -1.57. The predicted molar refractivity (Wildman–Crippen MR) is 144 cm³/mol. The summed E-state index contributed by atoms with van der Waals surface area (Å²) in [6.07, 6.45) is 2.19. The molecule has 37 heavy (non-hydrogen) atoms. The number of aryl methyl sites for hydroxylation is 1. The highest BCUT2D eigenvalue weighted by molar-refractivity contribution is 7.09. The van der Waals surface area contributed by atoms with E-state index in [4.69, 9.17) is 4.74 Å². The van der Waals surface area contributed by atoms with Crippen molar-refractivity contribution >= 4 is 29.2 Å². The van der Waals surface area contributed by atoms with E-state index >= 15 is 0 Å². The van der Waals surface area contributed by atoms with Gasteiger partial charge in [-0.15, -0.1) is 11.3 Å². The van der Waals surface area contributed by atoms with Crippen LogP contribution < -0.4 is 0 Å². The van der Waals surface area contributed by atoms with Gasteiger partial charge in [-0.3, -0.25) is 14.5 Å². The summed E-state index contributed by atoms with van der Waals surface area (Å²) in [7, 11) is 0. The van der Waals surface area contributed by atoms with Crippen molar-refractivity contribution in [2.24, 2.45) is 17.3 Å². The van der Waals surface area contributed by atoms with Gasteiger partial charge in [0.25, 0.3) is 0 Å². The Balaban J connectivity index is 1.88. The van der Waals surface area contributed by atoms with Gasteiger partial charge in [0.1, 0.15) is 11.9 Å². The Morgan fingerprint density at radius 1 is 1.24 bits per heavy atom. The van der Waals surface area contributed by atoms with E-state index in [1.54, 1.807) is 32.1 Å². The van der Waals surface area contributed by atoms with E-state index in [1.807, 2.05) is 32.2 Å². The zero-order valence-electron chi connectivity index (χ0n) is 23.0. The summed E-state index contributed by atoms with van der Waals surface area (Å²) in [4.78, 5) is 33.1. The van der Waals surface area contributed by atoms with Gasteiger partial charge in [0.05, 0.1) is 41.4 Å². The number of aliphatic hydroxyl groups excluding tert-OH is 3. The molecule has 2 saturated heterocycles. The van der Waals surface area contributed by atoms with Crippen LogP contribution in [0.5, 0.6) is 0 Å². The lowest BCUT2D eigenvalue weighted by molar-refractivity contribution is -0.154. The molecular weight excluding hydrogens is 492 g/mol. The minimum absolute atomic E-state index is 0.0559. The van der Waals surface area contributed by atoms with Crippen LogP contribution in [0, 0.1) is 24.2 Å². The van der Waals surface area contributed by atoms with Crippen LogP contribution in [0.25, 0.3) is 6.08 Å². The first-order valence-electron chi connectivity index (χ1n) is 13.4. The maximum absolute atomic E-state index is 13.3. The monoisotopic (exact) mass is 536 g/mol. The summed E-state index contributed by atoms with van der Waals surface area (Å²) in [6, 6.07) is 0.434. The molecule has 2 aliphatic heterocycles. The number of hydrogen-bond acceptors (Lipinski definition) is 9. The lowest BCUT2D eigenvalue weighted by Crippen LogP contribution is -2.45. The van der Waals surface area contributed by atoms with Gasteiger partial charge in [-0.05, 0) is 44.3 Å². The van der Waals surface area contributed by atoms with Crippen molar-refractivity contribution in [2.45, 2.75) is 104 Å². The van der Waals surface area contributed by atoms with Crippen LogP contribution in [0.4, 0.5) is 0 Å². The Morgan fingerprint density at radius 3 is 2.57 bits per heavy atom. The molecule has 1 aromatic heterocycles. The van der Waals surface area contributed by atoms with Crippen molar-refractivity contribution in [3.8, 4) is 0 Å². The molecule has 0 aliphatic carbocycles.